The van der Waals surface area contributed by atoms with E-state index in [2.05, 4.69) is 42.6 Å². The van der Waals surface area contributed by atoms with Gasteiger partial charge in [0.25, 0.3) is 0 Å². The van der Waals surface area contributed by atoms with Crippen LogP contribution in [0.15, 0.2) is 42.5 Å². The Morgan fingerprint density at radius 1 is 1.00 bits per heavy atom. The quantitative estimate of drug-likeness (QED) is 0.881. The van der Waals surface area contributed by atoms with E-state index in [9.17, 15) is 0 Å². The molecule has 2 aromatic carbocycles. The molecule has 0 radical (unpaired) electrons. The van der Waals surface area contributed by atoms with Crippen molar-refractivity contribution >= 4 is 0 Å². The van der Waals surface area contributed by atoms with E-state index in [-0.39, 0.29) is 6.04 Å². The predicted octanol–water partition coefficient (Wildman–Crippen LogP) is 3.52. The summed E-state index contributed by atoms with van der Waals surface area (Å²) in [6.07, 6.45) is 0.909. The molecule has 3 heteroatoms. The molecule has 0 aliphatic rings. The standard InChI is InChI=1S/C18H23NO2/c1-13-8-5-6-9-14(13)12-16(19-2)15-10-7-11-17(20-3)18(15)21-4/h5-11,16,19H,12H2,1-4H3. The Hall–Kier alpha value is -2.00. The molecule has 1 N–H and O–H groups in total. The van der Waals surface area contributed by atoms with E-state index in [1.165, 1.54) is 11.1 Å². The van der Waals surface area contributed by atoms with Gasteiger partial charge in [0.2, 0.25) is 0 Å². The zero-order chi connectivity index (χ0) is 15.2. The molecule has 0 aliphatic heterocycles. The van der Waals surface area contributed by atoms with Gasteiger partial charge >= 0.3 is 0 Å². The van der Waals surface area contributed by atoms with Crippen LogP contribution in [0.2, 0.25) is 0 Å². The molecule has 1 atom stereocenters. The number of ether oxygens (including phenoxy) is 2. The van der Waals surface area contributed by atoms with E-state index in [0.29, 0.717) is 0 Å². The molecule has 1 unspecified atom stereocenters. The highest BCUT2D eigenvalue weighted by molar-refractivity contribution is 5.48. The fourth-order valence-electron chi connectivity index (χ4n) is 2.61. The van der Waals surface area contributed by atoms with Gasteiger partial charge in [-0.05, 0) is 37.6 Å². The van der Waals surface area contributed by atoms with Gasteiger partial charge in [-0.2, -0.15) is 0 Å². The van der Waals surface area contributed by atoms with Crippen LogP contribution in [-0.4, -0.2) is 21.3 Å². The van der Waals surface area contributed by atoms with Crippen molar-refractivity contribution in [1.29, 1.82) is 0 Å². The zero-order valence-corrected chi connectivity index (χ0v) is 13.1. The lowest BCUT2D eigenvalue weighted by molar-refractivity contribution is 0.347. The van der Waals surface area contributed by atoms with Crippen LogP contribution in [-0.2, 0) is 6.42 Å². The van der Waals surface area contributed by atoms with Crippen molar-refractivity contribution in [3.63, 3.8) is 0 Å². The first-order valence-electron chi connectivity index (χ1n) is 7.14. The molecule has 0 spiro atoms. The zero-order valence-electron chi connectivity index (χ0n) is 13.1. The minimum absolute atomic E-state index is 0.177. The van der Waals surface area contributed by atoms with Gasteiger partial charge in [0, 0.05) is 11.6 Å². The van der Waals surface area contributed by atoms with E-state index in [1.807, 2.05) is 19.2 Å². The van der Waals surface area contributed by atoms with E-state index >= 15 is 0 Å². The van der Waals surface area contributed by atoms with Crippen LogP contribution in [0, 0.1) is 6.92 Å². The molecule has 0 saturated carbocycles. The average Bonchev–Trinajstić information content (AvgIpc) is 2.53. The van der Waals surface area contributed by atoms with Gasteiger partial charge in [0.15, 0.2) is 11.5 Å². The first-order valence-corrected chi connectivity index (χ1v) is 7.14. The highest BCUT2D eigenvalue weighted by atomic mass is 16.5. The monoisotopic (exact) mass is 285 g/mol. The number of para-hydroxylation sites is 1. The molecule has 0 fully saturated rings. The predicted molar refractivity (Wildman–Crippen MR) is 86.2 cm³/mol. The molecule has 0 heterocycles. The summed E-state index contributed by atoms with van der Waals surface area (Å²) in [5.41, 5.74) is 3.75. The molecule has 0 aromatic heterocycles. The van der Waals surface area contributed by atoms with Crippen molar-refractivity contribution in [2.45, 2.75) is 19.4 Å². The Balaban J connectivity index is 2.36. The highest BCUT2D eigenvalue weighted by Crippen LogP contribution is 2.35. The van der Waals surface area contributed by atoms with Crippen LogP contribution in [0.5, 0.6) is 11.5 Å². The third kappa shape index (κ3) is 3.37. The Bertz CT molecular complexity index is 596. The van der Waals surface area contributed by atoms with Crippen molar-refractivity contribution < 1.29 is 9.47 Å². The second-order valence-corrected chi connectivity index (χ2v) is 5.05. The first kappa shape index (κ1) is 15.4. The lowest BCUT2D eigenvalue weighted by Gasteiger charge is -2.21. The van der Waals surface area contributed by atoms with E-state index in [0.717, 1.165) is 23.5 Å². The van der Waals surface area contributed by atoms with E-state index in [1.54, 1.807) is 14.2 Å². The molecule has 2 aromatic rings. The van der Waals surface area contributed by atoms with Crippen molar-refractivity contribution in [3.05, 3.63) is 59.2 Å². The summed E-state index contributed by atoms with van der Waals surface area (Å²) in [6, 6.07) is 14.6. The van der Waals surface area contributed by atoms with Gasteiger partial charge < -0.3 is 14.8 Å². The minimum atomic E-state index is 0.177. The third-order valence-electron chi connectivity index (χ3n) is 3.84. The van der Waals surface area contributed by atoms with Gasteiger partial charge in [-0.3, -0.25) is 0 Å². The Kier molecular flexibility index (Phi) is 5.23. The SMILES string of the molecule is CNC(Cc1ccccc1C)c1cccc(OC)c1OC. The van der Waals surface area contributed by atoms with Gasteiger partial charge in [-0.15, -0.1) is 0 Å². The summed E-state index contributed by atoms with van der Waals surface area (Å²) >= 11 is 0. The van der Waals surface area contributed by atoms with Gasteiger partial charge in [0.1, 0.15) is 0 Å². The summed E-state index contributed by atoms with van der Waals surface area (Å²) in [6.45, 7) is 2.14. The molecule has 0 bridgehead atoms. The lowest BCUT2D eigenvalue weighted by Crippen LogP contribution is -2.20. The van der Waals surface area contributed by atoms with Crippen molar-refractivity contribution in [2.24, 2.45) is 0 Å². The number of rotatable bonds is 6. The summed E-state index contributed by atoms with van der Waals surface area (Å²) in [4.78, 5) is 0. The first-order chi connectivity index (χ1) is 10.2. The minimum Gasteiger partial charge on any atom is -0.493 e. The summed E-state index contributed by atoms with van der Waals surface area (Å²) in [7, 11) is 5.32. The van der Waals surface area contributed by atoms with Crippen LogP contribution in [0.3, 0.4) is 0 Å². The van der Waals surface area contributed by atoms with Crippen LogP contribution >= 0.6 is 0 Å². The Morgan fingerprint density at radius 3 is 2.38 bits per heavy atom. The van der Waals surface area contributed by atoms with Gasteiger partial charge in [-0.1, -0.05) is 36.4 Å². The maximum Gasteiger partial charge on any atom is 0.165 e. The number of hydrogen-bond donors (Lipinski definition) is 1. The van der Waals surface area contributed by atoms with Crippen molar-refractivity contribution in [1.82, 2.24) is 5.32 Å². The Labute approximate surface area is 126 Å². The summed E-state index contributed by atoms with van der Waals surface area (Å²) in [5, 5.41) is 3.38. The maximum atomic E-state index is 5.55. The van der Waals surface area contributed by atoms with Crippen molar-refractivity contribution in [2.75, 3.05) is 21.3 Å². The second kappa shape index (κ2) is 7.14. The van der Waals surface area contributed by atoms with Gasteiger partial charge in [0.05, 0.1) is 14.2 Å². The van der Waals surface area contributed by atoms with Crippen molar-refractivity contribution in [3.8, 4) is 11.5 Å². The number of nitrogens with one attached hydrogen (secondary N) is 1. The van der Waals surface area contributed by atoms with Crippen LogP contribution < -0.4 is 14.8 Å². The van der Waals surface area contributed by atoms with Crippen LogP contribution in [0.4, 0.5) is 0 Å². The molecule has 2 rings (SSSR count). The number of hydrogen-bond acceptors (Lipinski definition) is 3. The number of methoxy groups -OCH3 is 2. The molecular formula is C18H23NO2. The molecule has 3 nitrogen and oxygen atoms in total. The smallest absolute Gasteiger partial charge is 0.165 e. The second-order valence-electron chi connectivity index (χ2n) is 5.05. The maximum absolute atomic E-state index is 5.55. The number of aryl methyl sites for hydroxylation is 1. The molecule has 112 valence electrons. The molecular weight excluding hydrogens is 262 g/mol. The molecule has 0 aliphatic carbocycles. The number of likely N-dealkylation sites (N-methyl/N-ethyl adjacent to an activating group) is 1. The fourth-order valence-corrected chi connectivity index (χ4v) is 2.61. The Morgan fingerprint density at radius 2 is 1.76 bits per heavy atom. The summed E-state index contributed by atoms with van der Waals surface area (Å²) < 4.78 is 10.9. The van der Waals surface area contributed by atoms with E-state index < -0.39 is 0 Å². The molecule has 0 amide bonds. The van der Waals surface area contributed by atoms with E-state index in [4.69, 9.17) is 9.47 Å². The largest absolute Gasteiger partial charge is 0.493 e. The average molecular weight is 285 g/mol. The topological polar surface area (TPSA) is 30.5 Å². The van der Waals surface area contributed by atoms with Crippen LogP contribution in [0.25, 0.3) is 0 Å². The fraction of sp³-hybridized carbons (Fsp3) is 0.333. The molecule has 21 heavy (non-hydrogen) atoms. The highest BCUT2D eigenvalue weighted by Gasteiger charge is 2.18. The normalized spacial score (nSPS) is 12.0. The number of benzene rings is 2. The third-order valence-corrected chi connectivity index (χ3v) is 3.84. The lowest BCUT2D eigenvalue weighted by atomic mass is 9.95. The molecule has 0 saturated heterocycles. The van der Waals surface area contributed by atoms with Gasteiger partial charge in [-0.25, -0.2) is 0 Å². The summed E-state index contributed by atoms with van der Waals surface area (Å²) in [5.74, 6) is 1.56. The van der Waals surface area contributed by atoms with Crippen LogP contribution in [0.1, 0.15) is 22.7 Å².